The molecule has 650 valence electrons. The first kappa shape index (κ1) is 94.9. The van der Waals surface area contributed by atoms with Gasteiger partial charge in [-0.25, -0.2) is 28.7 Å². The van der Waals surface area contributed by atoms with Gasteiger partial charge in [-0.15, -0.1) is 0 Å². The zero-order chi connectivity index (χ0) is 91.7. The first-order chi connectivity index (χ1) is 61.2. The second kappa shape index (κ2) is 43.5. The van der Waals surface area contributed by atoms with Crippen LogP contribution in [0.2, 0.25) is 50.2 Å². The van der Waals surface area contributed by atoms with Crippen LogP contribution in [-0.4, -0.2) is 144 Å². The number of rotatable bonds is 24. The molecule has 0 unspecified atom stereocenters. The summed E-state index contributed by atoms with van der Waals surface area (Å²) in [4.78, 5) is 125. The fraction of sp³-hybridized carbons (Fsp3) is 0.140. The molecule has 8 N–H and O–H groups in total. The Labute approximate surface area is 782 Å². The minimum absolute atomic E-state index is 0.0450. The zero-order valence-electron chi connectivity index (χ0n) is 67.2. The van der Waals surface area contributed by atoms with Crippen LogP contribution in [0.3, 0.4) is 0 Å². The van der Waals surface area contributed by atoms with Crippen LogP contribution in [0.4, 0.5) is 32.1 Å². The van der Waals surface area contributed by atoms with Crippen molar-refractivity contribution >= 4 is 209 Å². The summed E-state index contributed by atoms with van der Waals surface area (Å²) in [6.07, 6.45) is 7.22. The minimum atomic E-state index is -0.713. The fourth-order valence-corrected chi connectivity index (χ4v) is 14.5. The Morgan fingerprint density at radius 3 is 0.773 bits per heavy atom. The highest BCUT2D eigenvalue weighted by Gasteiger charge is 2.29. The summed E-state index contributed by atoms with van der Waals surface area (Å²) in [6, 6.07) is 49.4. The summed E-state index contributed by atoms with van der Waals surface area (Å²) in [7, 11) is 0. The summed E-state index contributed by atoms with van der Waals surface area (Å²) in [5, 5.41) is 46.4. The van der Waals surface area contributed by atoms with Gasteiger partial charge in [-0.1, -0.05) is 165 Å². The third-order valence-corrected chi connectivity index (χ3v) is 22.4. The van der Waals surface area contributed by atoms with E-state index in [2.05, 4.69) is 41.2 Å². The van der Waals surface area contributed by atoms with E-state index in [1.54, 1.807) is 133 Å². The van der Waals surface area contributed by atoms with Crippen molar-refractivity contribution in [2.75, 3.05) is 60.5 Å². The van der Waals surface area contributed by atoms with Crippen LogP contribution >= 0.6 is 116 Å². The van der Waals surface area contributed by atoms with E-state index in [-0.39, 0.29) is 104 Å². The van der Waals surface area contributed by atoms with E-state index in [1.165, 1.54) is 86.3 Å². The van der Waals surface area contributed by atoms with Gasteiger partial charge in [0.05, 0.1) is 41.3 Å². The summed E-state index contributed by atoms with van der Waals surface area (Å²) < 4.78 is 29.1. The molecule has 3 saturated heterocycles. The molecule has 0 saturated carbocycles. The number of carbonyl (C=O) groups excluding carboxylic acids is 8. The molecule has 35 heteroatoms. The molecule has 3 aliphatic rings. The lowest BCUT2D eigenvalue weighted by molar-refractivity contribution is 0.0976. The van der Waals surface area contributed by atoms with Gasteiger partial charge >= 0.3 is 0 Å². The Morgan fingerprint density at radius 2 is 0.539 bits per heavy atom. The molecule has 23 nitrogen and oxygen atoms in total. The number of carbonyl (C=O) groups is 8. The number of Topliss-reactive ketones (excluding diaryl/α,β-unsaturated/α-hetero) is 4. The lowest BCUT2D eigenvalue weighted by atomic mass is 9.97. The quantitative estimate of drug-likeness (QED) is 0.0121. The van der Waals surface area contributed by atoms with Crippen LogP contribution in [0, 0.1) is 33.3 Å². The van der Waals surface area contributed by atoms with Crippen molar-refractivity contribution < 1.29 is 47.1 Å². The molecule has 3 aliphatic heterocycles. The molecule has 8 aromatic carbocycles. The van der Waals surface area contributed by atoms with Crippen LogP contribution in [0.1, 0.15) is 147 Å². The number of nitrogens with one attached hydrogen (secondary N) is 8. The first-order valence-electron chi connectivity index (χ1n) is 38.9. The molecule has 0 atom stereocenters. The Kier molecular flexibility index (Phi) is 32.2. The molecular formula is C93H71Cl10F2N15O8. The van der Waals surface area contributed by atoms with Crippen LogP contribution in [0.15, 0.2) is 219 Å². The summed E-state index contributed by atoms with van der Waals surface area (Å²) in [6.45, 7) is 6.48. The summed E-state index contributed by atoms with van der Waals surface area (Å²) >= 11 is 60.3. The molecule has 4 aromatic heterocycles. The lowest BCUT2D eigenvalue weighted by Gasteiger charge is -2.33. The van der Waals surface area contributed by atoms with Crippen LogP contribution < -0.4 is 21.3 Å². The number of nitrogens with zero attached hydrogens (tertiary/aromatic N) is 7. The molecule has 12 aromatic rings. The average molecular weight is 1920 g/mol. The van der Waals surface area contributed by atoms with Gasteiger partial charge in [0.2, 0.25) is 0 Å². The highest BCUT2D eigenvalue weighted by molar-refractivity contribution is 6.36. The van der Waals surface area contributed by atoms with Crippen LogP contribution in [-0.2, 0) is 25.7 Å². The Morgan fingerprint density at radius 1 is 0.297 bits per heavy atom. The molecule has 3 fully saturated rings. The standard InChI is InChI=1S/C24H19Cl3N4O2.C24H19Cl2FN4O2.C23H17Cl3N4O2.C22H16Cl2FN3O2/c2*25-16-4-2-14(19(12-16)24(33)30-22-7-5-17(26)13-29-22)11-21(32)18-6-3-15(10-20(18)27)23(28)31-8-1-9-31;24-15-3-1-13(18(11-15)23(32)29-21-6-4-16(25)12-28-21)10-20(31)17-5-2-14(9-19(17)26)22(27)30-7-8-30;1-12(26)13-3-6-17(19(25)8-13)20(29)9-14-2-4-15(23)10-18(14)22(30)28-21-7-5-16(24)11-27-21/h2*2-7,10,12-13,28H,1,8-9,11H2,(H,29,30,33);1-6,9,11-12,27H,7-8,10H2,(H,28,29,32);2-8,10-11,26H,9H2,1H3,(H,27,28,30). The van der Waals surface area contributed by atoms with Crippen molar-refractivity contribution in [2.45, 2.75) is 45.4 Å². The fourth-order valence-electron chi connectivity index (χ4n) is 12.8. The number of amidine groups is 3. The normalized spacial score (nSPS) is 12.1. The van der Waals surface area contributed by atoms with Crippen LogP contribution in [0.5, 0.6) is 0 Å². The van der Waals surface area contributed by atoms with Crippen LogP contribution in [0.25, 0.3) is 0 Å². The maximum Gasteiger partial charge on any atom is 0.257 e. The molecule has 0 bridgehead atoms. The number of halogens is 12. The molecular weight excluding hydrogens is 1850 g/mol. The largest absolute Gasteiger partial charge is 0.356 e. The molecule has 15 rings (SSSR count). The van der Waals surface area contributed by atoms with Gasteiger partial charge in [-0.05, 0) is 193 Å². The maximum absolute atomic E-state index is 14.7. The summed E-state index contributed by atoms with van der Waals surface area (Å²) in [5.41, 5.74) is 5.47. The number of ketones is 4. The van der Waals surface area contributed by atoms with Crippen molar-refractivity contribution in [3.63, 3.8) is 0 Å². The molecule has 0 radical (unpaired) electrons. The Balaban J connectivity index is 0.000000155. The lowest BCUT2D eigenvalue weighted by Crippen LogP contribution is -2.42. The maximum atomic E-state index is 14.7. The van der Waals surface area contributed by atoms with E-state index in [1.807, 2.05) is 14.7 Å². The highest BCUT2D eigenvalue weighted by atomic mass is 35.5. The molecule has 128 heavy (non-hydrogen) atoms. The third kappa shape index (κ3) is 25.4. The highest BCUT2D eigenvalue weighted by Crippen LogP contribution is 2.31. The van der Waals surface area contributed by atoms with E-state index in [4.69, 9.17) is 138 Å². The van der Waals surface area contributed by atoms with E-state index in [0.29, 0.717) is 119 Å². The van der Waals surface area contributed by atoms with E-state index >= 15 is 0 Å². The molecule has 4 amide bonds. The number of anilines is 4. The van der Waals surface area contributed by atoms with Gasteiger partial charge in [0.25, 0.3) is 23.6 Å². The second-order valence-electron chi connectivity index (χ2n) is 29.0. The van der Waals surface area contributed by atoms with Crippen molar-refractivity contribution in [3.8, 4) is 0 Å². The van der Waals surface area contributed by atoms with Crippen molar-refractivity contribution in [1.29, 1.82) is 21.6 Å². The van der Waals surface area contributed by atoms with Gasteiger partial charge in [0, 0.05) is 166 Å². The number of benzene rings is 8. The van der Waals surface area contributed by atoms with Gasteiger partial charge in [0.1, 0.15) is 52.4 Å². The zero-order valence-corrected chi connectivity index (χ0v) is 74.8. The topological polar surface area (TPSA) is 341 Å². The number of likely N-dealkylation sites (tertiary alicyclic amines) is 2. The van der Waals surface area contributed by atoms with E-state index < -0.39 is 46.8 Å². The smallest absolute Gasteiger partial charge is 0.257 e. The average Bonchev–Trinajstić information content (AvgIpc) is 1.34. The van der Waals surface area contributed by atoms with Gasteiger partial charge < -0.3 is 41.4 Å². The third-order valence-electron chi connectivity index (χ3n) is 20.0. The van der Waals surface area contributed by atoms with Crippen molar-refractivity contribution in [2.24, 2.45) is 0 Å². The summed E-state index contributed by atoms with van der Waals surface area (Å²) in [5.74, 6) is -2.56. The number of aromatic nitrogens is 4. The number of amides is 4. The molecule has 0 spiro atoms. The van der Waals surface area contributed by atoms with E-state index in [9.17, 15) is 47.1 Å². The van der Waals surface area contributed by atoms with Gasteiger partial charge in [-0.3, -0.25) is 54.6 Å². The van der Waals surface area contributed by atoms with Crippen molar-refractivity contribution in [1.82, 2.24) is 34.6 Å². The minimum Gasteiger partial charge on any atom is -0.356 e. The number of pyridine rings is 4. The first-order valence-corrected chi connectivity index (χ1v) is 42.7. The van der Waals surface area contributed by atoms with Gasteiger partial charge in [0.15, 0.2) is 23.1 Å². The monoisotopic (exact) mass is 1910 g/mol. The predicted molar refractivity (Wildman–Crippen MR) is 499 cm³/mol. The van der Waals surface area contributed by atoms with Gasteiger partial charge in [-0.2, -0.15) is 0 Å². The number of hydrogen-bond donors (Lipinski definition) is 8. The number of hydrogen-bond acceptors (Lipinski definition) is 16. The predicted octanol–water partition coefficient (Wildman–Crippen LogP) is 21.9. The Bertz CT molecular complexity index is 6190. The molecule has 0 aliphatic carbocycles. The van der Waals surface area contributed by atoms with E-state index in [0.717, 1.165) is 58.2 Å². The second-order valence-corrected chi connectivity index (χ2v) is 33.3. The Hall–Kier alpha value is -12.2. The molecule has 7 heterocycles. The van der Waals surface area contributed by atoms with Crippen molar-refractivity contribution in [3.05, 3.63) is 370 Å². The SMILES string of the molecule is CC(=N)c1ccc(C(=O)Cc2ccc(Cl)cc2C(=O)Nc2ccc(Cl)cn2)c(F)c1.N=C(c1ccc(C(=O)Cc2ccc(Cl)cc2C(=O)Nc2ccc(Cl)cn2)c(Cl)c1)N1CC1.N=C(c1ccc(C(=O)Cc2ccc(Cl)cc2C(=O)Nc2ccc(Cl)cn2)c(Cl)c1)N1CCC1.N=C(c1ccc(C(=O)Cc2ccc(Cl)cc2C(=O)Nc2ccc(Cl)cn2)c(F)c1)N1CCC1.